The van der Waals surface area contributed by atoms with E-state index in [9.17, 15) is 24.6 Å². The standard InChI is InChI=1S/C25H34N4O5S/c1-14-20-19(15(2)30)24(32)29(20)21(25(33)34)22(14)35-17-12-18(26-13-17)23(31)28(4)9-5-6-16-7-10-27(3)11-8-16/h7-8,10-11,14-15,17-20,26,30H,5-6,9,12-13H2,1-4H3/p+1/t14-,15?,17?,18?,19+,20+/m0/s1. The lowest BCUT2D eigenvalue weighted by Crippen LogP contribution is -2.63. The molecule has 0 aliphatic carbocycles. The summed E-state index contributed by atoms with van der Waals surface area (Å²) in [5.74, 6) is -2.13. The Bertz CT molecular complexity index is 1030. The van der Waals surface area contributed by atoms with Gasteiger partial charge in [-0.25, -0.2) is 9.36 Å². The number of aryl methyl sites for hydroxylation is 2. The molecule has 3 unspecified atom stereocenters. The van der Waals surface area contributed by atoms with Crippen LogP contribution >= 0.6 is 11.8 Å². The van der Waals surface area contributed by atoms with Crippen molar-refractivity contribution in [3.05, 3.63) is 40.7 Å². The highest BCUT2D eigenvalue weighted by Gasteiger charge is 2.60. The van der Waals surface area contributed by atoms with E-state index in [1.165, 1.54) is 22.2 Å². The number of pyridine rings is 1. The quantitative estimate of drug-likeness (QED) is 0.333. The molecule has 10 heteroatoms. The maximum atomic E-state index is 13.0. The van der Waals surface area contributed by atoms with Crippen LogP contribution in [0.1, 0.15) is 32.3 Å². The first-order chi connectivity index (χ1) is 16.6. The number of carbonyl (C=O) groups is 3. The maximum Gasteiger partial charge on any atom is 0.353 e. The minimum atomic E-state index is -1.12. The molecule has 35 heavy (non-hydrogen) atoms. The Labute approximate surface area is 210 Å². The number of β-lactam (4-membered cyclic amide) rings is 1. The third-order valence-electron chi connectivity index (χ3n) is 7.38. The van der Waals surface area contributed by atoms with E-state index < -0.39 is 18.0 Å². The molecule has 6 atom stereocenters. The molecule has 0 saturated carbocycles. The smallest absolute Gasteiger partial charge is 0.353 e. The Kier molecular flexibility index (Phi) is 7.54. The molecule has 2 amide bonds. The summed E-state index contributed by atoms with van der Waals surface area (Å²) in [6, 6.07) is 3.56. The van der Waals surface area contributed by atoms with Gasteiger partial charge in [-0.2, -0.15) is 0 Å². The number of nitrogens with one attached hydrogen (secondary N) is 1. The molecule has 0 aromatic carbocycles. The van der Waals surface area contributed by atoms with Crippen LogP contribution in [0.25, 0.3) is 0 Å². The third-order valence-corrected chi connectivity index (χ3v) is 8.89. The zero-order valence-electron chi connectivity index (χ0n) is 20.7. The lowest BCUT2D eigenvalue weighted by molar-refractivity contribution is -0.671. The molecular weight excluding hydrogens is 468 g/mol. The number of carboxylic acid groups (broad SMARTS) is 1. The number of rotatable bonds is 9. The summed E-state index contributed by atoms with van der Waals surface area (Å²) in [4.78, 5) is 41.3. The van der Waals surface area contributed by atoms with Crippen molar-refractivity contribution in [1.82, 2.24) is 15.1 Å². The van der Waals surface area contributed by atoms with Crippen molar-refractivity contribution in [2.45, 2.75) is 56.5 Å². The average molecular weight is 504 g/mol. The molecule has 0 bridgehead atoms. The molecule has 3 N–H and O–H groups in total. The first-order valence-corrected chi connectivity index (χ1v) is 13.1. The van der Waals surface area contributed by atoms with E-state index in [1.54, 1.807) is 11.8 Å². The highest BCUT2D eigenvalue weighted by atomic mass is 32.2. The van der Waals surface area contributed by atoms with Gasteiger partial charge in [-0.3, -0.25) is 9.59 Å². The van der Waals surface area contributed by atoms with Crippen molar-refractivity contribution in [1.29, 1.82) is 0 Å². The number of hydrogen-bond donors (Lipinski definition) is 3. The van der Waals surface area contributed by atoms with Crippen LogP contribution in [-0.4, -0.2) is 81.4 Å². The Morgan fingerprint density at radius 3 is 2.66 bits per heavy atom. The van der Waals surface area contributed by atoms with Gasteiger partial charge in [-0.1, -0.05) is 6.92 Å². The van der Waals surface area contributed by atoms with Crippen LogP contribution in [0.15, 0.2) is 35.1 Å². The van der Waals surface area contributed by atoms with Crippen LogP contribution in [0, 0.1) is 11.8 Å². The van der Waals surface area contributed by atoms with E-state index in [4.69, 9.17) is 0 Å². The topological polar surface area (TPSA) is 114 Å². The minimum Gasteiger partial charge on any atom is -0.477 e. The van der Waals surface area contributed by atoms with Crippen LogP contribution in [0.5, 0.6) is 0 Å². The normalized spacial score (nSPS) is 28.7. The first-order valence-electron chi connectivity index (χ1n) is 12.2. The number of aromatic nitrogens is 1. The number of fused-ring (bicyclic) bond motifs is 1. The van der Waals surface area contributed by atoms with Gasteiger partial charge in [0.05, 0.1) is 24.1 Å². The molecule has 1 aromatic rings. The molecule has 190 valence electrons. The molecule has 4 rings (SSSR count). The summed E-state index contributed by atoms with van der Waals surface area (Å²) in [7, 11) is 3.81. The molecule has 2 fully saturated rings. The van der Waals surface area contributed by atoms with E-state index in [0.29, 0.717) is 24.4 Å². The zero-order valence-corrected chi connectivity index (χ0v) is 21.5. The Morgan fingerprint density at radius 2 is 2.03 bits per heavy atom. The lowest BCUT2D eigenvalue weighted by Gasteiger charge is -2.46. The molecular formula is C25H35N4O5S+. The van der Waals surface area contributed by atoms with Crippen molar-refractivity contribution in [3.8, 4) is 0 Å². The van der Waals surface area contributed by atoms with Crippen LogP contribution in [-0.2, 0) is 27.9 Å². The average Bonchev–Trinajstić information content (AvgIpc) is 3.36. The van der Waals surface area contributed by atoms with E-state index >= 15 is 0 Å². The van der Waals surface area contributed by atoms with Crippen LogP contribution in [0.2, 0.25) is 0 Å². The summed E-state index contributed by atoms with van der Waals surface area (Å²) in [5, 5.41) is 23.2. The monoisotopic (exact) mass is 503 g/mol. The maximum absolute atomic E-state index is 13.0. The van der Waals surface area contributed by atoms with Gasteiger partial charge < -0.3 is 25.3 Å². The molecule has 3 aliphatic rings. The largest absolute Gasteiger partial charge is 0.477 e. The molecule has 4 heterocycles. The summed E-state index contributed by atoms with van der Waals surface area (Å²) < 4.78 is 1.99. The van der Waals surface area contributed by atoms with Gasteiger partial charge in [0.1, 0.15) is 12.7 Å². The van der Waals surface area contributed by atoms with Crippen LogP contribution in [0.4, 0.5) is 0 Å². The first kappa shape index (κ1) is 25.7. The number of aliphatic hydroxyl groups is 1. The van der Waals surface area contributed by atoms with Gasteiger partial charge >= 0.3 is 5.97 Å². The summed E-state index contributed by atoms with van der Waals surface area (Å²) in [5.41, 5.74) is 1.28. The number of nitrogens with zero attached hydrogens (tertiary/aromatic N) is 3. The molecule has 3 aliphatic heterocycles. The number of aliphatic hydroxyl groups excluding tert-OH is 1. The number of amides is 2. The van der Waals surface area contributed by atoms with Crippen LogP contribution < -0.4 is 9.88 Å². The van der Waals surface area contributed by atoms with Gasteiger partial charge in [0.25, 0.3) is 0 Å². The number of hydrogen-bond acceptors (Lipinski definition) is 6. The van der Waals surface area contributed by atoms with Crippen molar-refractivity contribution in [2.75, 3.05) is 20.1 Å². The Balaban J connectivity index is 1.32. The van der Waals surface area contributed by atoms with Gasteiger partial charge in [0.2, 0.25) is 11.8 Å². The second-order valence-corrected chi connectivity index (χ2v) is 11.3. The number of aliphatic carboxylic acids is 1. The molecule has 2 saturated heterocycles. The second kappa shape index (κ2) is 10.3. The number of carboxylic acids is 1. The molecule has 1 aromatic heterocycles. The molecule has 0 spiro atoms. The number of likely N-dealkylation sites (N-methyl/N-ethyl adjacent to an activating group) is 1. The van der Waals surface area contributed by atoms with E-state index in [2.05, 4.69) is 17.4 Å². The Hall–Kier alpha value is -2.43. The fourth-order valence-corrected chi connectivity index (χ4v) is 6.91. The highest BCUT2D eigenvalue weighted by Crippen LogP contribution is 2.51. The molecule has 0 radical (unpaired) electrons. The summed E-state index contributed by atoms with van der Waals surface area (Å²) in [6.07, 6.45) is 5.60. The van der Waals surface area contributed by atoms with Crippen molar-refractivity contribution in [2.24, 2.45) is 18.9 Å². The van der Waals surface area contributed by atoms with E-state index in [1.807, 2.05) is 38.0 Å². The van der Waals surface area contributed by atoms with Crippen molar-refractivity contribution < 1.29 is 29.2 Å². The summed E-state index contributed by atoms with van der Waals surface area (Å²) >= 11 is 1.46. The van der Waals surface area contributed by atoms with Crippen molar-refractivity contribution in [3.63, 3.8) is 0 Å². The van der Waals surface area contributed by atoms with Gasteiger partial charge in [0, 0.05) is 48.3 Å². The second-order valence-electron chi connectivity index (χ2n) is 9.94. The Morgan fingerprint density at radius 1 is 1.34 bits per heavy atom. The predicted molar refractivity (Wildman–Crippen MR) is 131 cm³/mol. The van der Waals surface area contributed by atoms with E-state index in [0.717, 1.165) is 12.8 Å². The summed E-state index contributed by atoms with van der Waals surface area (Å²) in [6.45, 7) is 4.76. The predicted octanol–water partition coefficient (Wildman–Crippen LogP) is 0.520. The fraction of sp³-hybridized carbons (Fsp3) is 0.600. The van der Waals surface area contributed by atoms with Gasteiger partial charge in [-0.15, -0.1) is 11.8 Å². The third kappa shape index (κ3) is 4.96. The fourth-order valence-electron chi connectivity index (χ4n) is 5.43. The highest BCUT2D eigenvalue weighted by molar-refractivity contribution is 8.03. The molecule has 9 nitrogen and oxygen atoms in total. The van der Waals surface area contributed by atoms with Crippen molar-refractivity contribution >= 4 is 29.5 Å². The van der Waals surface area contributed by atoms with Crippen LogP contribution in [0.3, 0.4) is 0 Å². The van der Waals surface area contributed by atoms with Gasteiger partial charge in [-0.05, 0) is 31.7 Å². The van der Waals surface area contributed by atoms with E-state index in [-0.39, 0.29) is 40.8 Å². The lowest BCUT2D eigenvalue weighted by atomic mass is 9.79. The van der Waals surface area contributed by atoms with Gasteiger partial charge in [0.15, 0.2) is 12.4 Å². The number of carbonyl (C=O) groups excluding carboxylic acids is 2. The zero-order chi connectivity index (χ0) is 25.4. The minimum absolute atomic E-state index is 0.0352. The SMILES string of the molecule is CC(O)[C@H]1C(=O)N2C(C(=O)O)=C(SC3CNC(C(=O)N(C)CCCc4cc[n+](C)cc4)C3)[C@@H](C)[C@H]12. The number of thioether (sulfide) groups is 1.